The minimum absolute atomic E-state index is 0.0945. The normalized spacial score (nSPS) is 13.7. The first kappa shape index (κ1) is 21.9. The Kier molecular flexibility index (Phi) is 6.30. The molecule has 8 heteroatoms. The molecule has 0 bridgehead atoms. The molecule has 5 rings (SSSR count). The summed E-state index contributed by atoms with van der Waals surface area (Å²) in [5.74, 6) is -0.256. The smallest absolute Gasteiger partial charge is 0.316 e. The van der Waals surface area contributed by atoms with Gasteiger partial charge < -0.3 is 4.74 Å². The van der Waals surface area contributed by atoms with Crippen LogP contribution in [-0.2, 0) is 29.0 Å². The van der Waals surface area contributed by atoms with E-state index >= 15 is 0 Å². The third kappa shape index (κ3) is 4.46. The van der Waals surface area contributed by atoms with Crippen LogP contribution in [0.3, 0.4) is 0 Å². The number of carbonyl (C=O) groups excluding carboxylic acids is 1. The summed E-state index contributed by atoms with van der Waals surface area (Å²) in [6.07, 6.45) is 0.822. The monoisotopic (exact) mass is 477 g/mol. The van der Waals surface area contributed by atoms with Gasteiger partial charge in [0.1, 0.15) is 4.83 Å². The third-order valence-electron chi connectivity index (χ3n) is 5.73. The average Bonchev–Trinajstić information content (AvgIpc) is 3.22. The molecular formula is C25H23N3O3S2. The Morgan fingerprint density at radius 1 is 1.12 bits per heavy atom. The van der Waals surface area contributed by atoms with E-state index in [4.69, 9.17) is 4.74 Å². The summed E-state index contributed by atoms with van der Waals surface area (Å²) in [4.78, 5) is 33.8. The van der Waals surface area contributed by atoms with Crippen molar-refractivity contribution in [2.45, 2.75) is 24.7 Å². The second-order valence-electron chi connectivity index (χ2n) is 7.87. The van der Waals surface area contributed by atoms with Gasteiger partial charge in [-0.3, -0.25) is 19.1 Å². The Hall–Kier alpha value is -2.94. The lowest BCUT2D eigenvalue weighted by atomic mass is 10.0. The molecule has 168 valence electrons. The fourth-order valence-electron chi connectivity index (χ4n) is 4.16. The predicted octanol–water partition coefficient (Wildman–Crippen LogP) is 4.27. The Morgan fingerprint density at radius 3 is 2.58 bits per heavy atom. The molecule has 0 atom stereocenters. The molecule has 0 spiro atoms. The molecule has 0 saturated carbocycles. The van der Waals surface area contributed by atoms with Gasteiger partial charge in [-0.1, -0.05) is 60.3 Å². The van der Waals surface area contributed by atoms with Crippen LogP contribution in [-0.4, -0.2) is 39.8 Å². The van der Waals surface area contributed by atoms with Gasteiger partial charge in [-0.2, -0.15) is 4.98 Å². The van der Waals surface area contributed by atoms with Crippen molar-refractivity contribution in [3.05, 3.63) is 87.0 Å². The molecule has 33 heavy (non-hydrogen) atoms. The van der Waals surface area contributed by atoms with E-state index < -0.39 is 0 Å². The highest BCUT2D eigenvalue weighted by molar-refractivity contribution is 7.99. The molecule has 1 aliphatic rings. The van der Waals surface area contributed by atoms with E-state index in [0.29, 0.717) is 10.5 Å². The summed E-state index contributed by atoms with van der Waals surface area (Å²) in [5, 5.41) is 1.21. The van der Waals surface area contributed by atoms with Crippen molar-refractivity contribution in [2.24, 2.45) is 0 Å². The number of benzene rings is 2. The summed E-state index contributed by atoms with van der Waals surface area (Å²) in [5.41, 5.74) is 3.10. The number of esters is 1. The minimum atomic E-state index is -0.351. The summed E-state index contributed by atoms with van der Waals surface area (Å²) in [6, 6.07) is 20.3. The first-order valence-electron chi connectivity index (χ1n) is 10.7. The highest BCUT2D eigenvalue weighted by Gasteiger charge is 2.26. The molecule has 3 heterocycles. The van der Waals surface area contributed by atoms with Gasteiger partial charge in [0.15, 0.2) is 5.16 Å². The van der Waals surface area contributed by atoms with Gasteiger partial charge in [-0.05, 0) is 29.7 Å². The molecule has 0 unspecified atom stereocenters. The molecule has 1 aliphatic heterocycles. The number of para-hydroxylation sites is 1. The van der Waals surface area contributed by atoms with E-state index in [1.54, 1.807) is 11.3 Å². The number of carbonyl (C=O) groups is 1. The lowest BCUT2D eigenvalue weighted by molar-refractivity contribution is -0.137. The van der Waals surface area contributed by atoms with Crippen molar-refractivity contribution in [2.75, 3.05) is 19.4 Å². The van der Waals surface area contributed by atoms with Crippen LogP contribution >= 0.6 is 23.1 Å². The van der Waals surface area contributed by atoms with Crippen molar-refractivity contribution in [1.82, 2.24) is 14.5 Å². The Morgan fingerprint density at radius 2 is 1.85 bits per heavy atom. The van der Waals surface area contributed by atoms with Gasteiger partial charge in [0.25, 0.3) is 5.56 Å². The highest BCUT2D eigenvalue weighted by atomic mass is 32.2. The number of methoxy groups -OCH3 is 1. The van der Waals surface area contributed by atoms with E-state index in [2.05, 4.69) is 34.1 Å². The van der Waals surface area contributed by atoms with Crippen molar-refractivity contribution in [1.29, 1.82) is 0 Å². The molecule has 0 amide bonds. The lowest BCUT2D eigenvalue weighted by Crippen LogP contribution is -2.29. The predicted molar refractivity (Wildman–Crippen MR) is 132 cm³/mol. The molecule has 0 saturated heterocycles. The first-order valence-corrected chi connectivity index (χ1v) is 12.5. The SMILES string of the molecule is COC(=O)CSc1nc(=O)c2c3c(sc2n1-c1ccccc1)CN(Cc1ccccc1)CC3. The Labute approximate surface area is 199 Å². The van der Waals surface area contributed by atoms with Gasteiger partial charge in [-0.15, -0.1) is 11.3 Å². The minimum Gasteiger partial charge on any atom is -0.468 e. The molecule has 4 aromatic rings. The second kappa shape index (κ2) is 9.51. The quantitative estimate of drug-likeness (QED) is 0.235. The van der Waals surface area contributed by atoms with E-state index in [-0.39, 0.29) is 17.3 Å². The van der Waals surface area contributed by atoms with E-state index in [9.17, 15) is 9.59 Å². The van der Waals surface area contributed by atoms with Crippen LogP contribution in [0.5, 0.6) is 0 Å². The third-order valence-corrected chi connectivity index (χ3v) is 7.85. The van der Waals surface area contributed by atoms with Crippen LogP contribution < -0.4 is 5.56 Å². The van der Waals surface area contributed by atoms with Crippen molar-refractivity contribution < 1.29 is 9.53 Å². The number of thioether (sulfide) groups is 1. The molecule has 0 N–H and O–H groups in total. The van der Waals surface area contributed by atoms with E-state index in [1.165, 1.54) is 29.3 Å². The summed E-state index contributed by atoms with van der Waals surface area (Å²) in [6.45, 7) is 2.59. The standard InChI is InChI=1S/C25H23N3O3S2/c1-31-21(29)16-32-25-26-23(30)22-19-12-13-27(14-17-8-4-2-5-9-17)15-20(19)33-24(22)28(25)18-10-6-3-7-11-18/h2-11H,12-16H2,1H3. The summed E-state index contributed by atoms with van der Waals surface area (Å²) >= 11 is 2.88. The van der Waals surface area contributed by atoms with Crippen LogP contribution in [0.2, 0.25) is 0 Å². The maximum absolute atomic E-state index is 13.1. The zero-order valence-corrected chi connectivity index (χ0v) is 19.8. The van der Waals surface area contributed by atoms with Gasteiger partial charge in [0.2, 0.25) is 0 Å². The van der Waals surface area contributed by atoms with E-state index in [0.717, 1.165) is 42.1 Å². The van der Waals surface area contributed by atoms with Gasteiger partial charge in [-0.25, -0.2) is 0 Å². The highest BCUT2D eigenvalue weighted by Crippen LogP contribution is 2.36. The number of hydrogen-bond donors (Lipinski definition) is 0. The van der Waals surface area contributed by atoms with Crippen LogP contribution in [0.15, 0.2) is 70.6 Å². The molecule has 2 aromatic carbocycles. The lowest BCUT2D eigenvalue weighted by Gasteiger charge is -2.26. The first-order chi connectivity index (χ1) is 16.1. The summed E-state index contributed by atoms with van der Waals surface area (Å²) < 4.78 is 6.79. The molecule has 0 fully saturated rings. The number of hydrogen-bond acceptors (Lipinski definition) is 7. The topological polar surface area (TPSA) is 64.4 Å². The van der Waals surface area contributed by atoms with Gasteiger partial charge in [0, 0.05) is 30.2 Å². The molecule has 0 radical (unpaired) electrons. The molecule has 0 aliphatic carbocycles. The van der Waals surface area contributed by atoms with Crippen LogP contribution in [0.25, 0.3) is 15.9 Å². The van der Waals surface area contributed by atoms with Crippen LogP contribution in [0.1, 0.15) is 16.0 Å². The maximum Gasteiger partial charge on any atom is 0.316 e. The van der Waals surface area contributed by atoms with Crippen LogP contribution in [0.4, 0.5) is 0 Å². The zero-order chi connectivity index (χ0) is 22.8. The van der Waals surface area contributed by atoms with Crippen LogP contribution in [0, 0.1) is 0 Å². The Balaban J connectivity index is 1.58. The summed E-state index contributed by atoms with van der Waals surface area (Å²) in [7, 11) is 1.36. The fourth-order valence-corrected chi connectivity index (χ4v) is 6.46. The maximum atomic E-state index is 13.1. The average molecular weight is 478 g/mol. The number of fused-ring (bicyclic) bond motifs is 3. The number of aromatic nitrogens is 2. The van der Waals surface area contributed by atoms with Crippen molar-refractivity contribution in [3.63, 3.8) is 0 Å². The molecule has 6 nitrogen and oxygen atoms in total. The van der Waals surface area contributed by atoms with Gasteiger partial charge in [0.05, 0.1) is 18.2 Å². The molecular weight excluding hydrogens is 454 g/mol. The van der Waals surface area contributed by atoms with Gasteiger partial charge >= 0.3 is 5.97 Å². The zero-order valence-electron chi connectivity index (χ0n) is 18.2. The number of rotatable bonds is 6. The number of thiophene rings is 1. The van der Waals surface area contributed by atoms with Crippen molar-refractivity contribution in [3.8, 4) is 5.69 Å². The fraction of sp³-hybridized carbons (Fsp3) is 0.240. The number of ether oxygens (including phenoxy) is 1. The Bertz CT molecular complexity index is 1350. The second-order valence-corrected chi connectivity index (χ2v) is 9.89. The van der Waals surface area contributed by atoms with Crippen molar-refractivity contribution >= 4 is 39.3 Å². The molecule has 2 aromatic heterocycles. The van der Waals surface area contributed by atoms with E-state index in [1.807, 2.05) is 41.0 Å². The largest absolute Gasteiger partial charge is 0.468 e. The number of nitrogens with zero attached hydrogens (tertiary/aromatic N) is 3.